The summed E-state index contributed by atoms with van der Waals surface area (Å²) in [4.78, 5) is 7.19. The highest BCUT2D eigenvalue weighted by atomic mass is 16.3. The predicted molar refractivity (Wildman–Crippen MR) is 115 cm³/mol. The number of hydrogen-bond acceptors (Lipinski definition) is 8. The number of anilines is 1. The van der Waals surface area contributed by atoms with Crippen LogP contribution < -0.4 is 26.4 Å². The van der Waals surface area contributed by atoms with Crippen LogP contribution in [0.25, 0.3) is 0 Å². The lowest BCUT2D eigenvalue weighted by Crippen LogP contribution is -2.46. The zero-order valence-electron chi connectivity index (χ0n) is 17.5. The largest absolute Gasteiger partial charge is 0.390 e. The van der Waals surface area contributed by atoms with E-state index >= 15 is 0 Å². The molecule has 5 atom stereocenters. The number of β-amino-alcohol motifs (C(OH)–C–C–N with tert-alkyl or cyclic N) is 1. The minimum Gasteiger partial charge on any atom is -0.390 e. The summed E-state index contributed by atoms with van der Waals surface area (Å²) >= 11 is 0. The van der Waals surface area contributed by atoms with Gasteiger partial charge in [0.2, 0.25) is 0 Å². The number of pyridine rings is 1. The van der Waals surface area contributed by atoms with E-state index in [-0.39, 0.29) is 12.1 Å². The summed E-state index contributed by atoms with van der Waals surface area (Å²) in [6, 6.07) is 7.10. The van der Waals surface area contributed by atoms with Crippen LogP contribution in [0.2, 0.25) is 0 Å². The van der Waals surface area contributed by atoms with E-state index in [1.807, 2.05) is 16.9 Å². The molecular weight excluding hydrogens is 380 g/mol. The molecule has 2 aromatic heterocycles. The van der Waals surface area contributed by atoms with Crippen LogP contribution in [0.1, 0.15) is 36.7 Å². The van der Waals surface area contributed by atoms with Crippen molar-refractivity contribution in [2.75, 3.05) is 37.6 Å². The number of aryl methyl sites for hydroxylation is 1. The third kappa shape index (κ3) is 3.95. The Balaban J connectivity index is 1.34. The van der Waals surface area contributed by atoms with Crippen LogP contribution in [0.15, 0.2) is 30.6 Å². The summed E-state index contributed by atoms with van der Waals surface area (Å²) in [5.74, 6) is 1.38. The summed E-state index contributed by atoms with van der Waals surface area (Å²) in [5, 5.41) is 21.5. The zero-order valence-corrected chi connectivity index (χ0v) is 17.5. The summed E-state index contributed by atoms with van der Waals surface area (Å²) in [5.41, 5.74) is 9.29. The predicted octanol–water partition coefficient (Wildman–Crippen LogP) is -0.0632. The van der Waals surface area contributed by atoms with Crippen LogP contribution in [0.5, 0.6) is 0 Å². The molecule has 3 aliphatic heterocycles. The summed E-state index contributed by atoms with van der Waals surface area (Å²) in [7, 11) is 0. The van der Waals surface area contributed by atoms with Crippen molar-refractivity contribution in [1.29, 1.82) is 0 Å². The standard InChI is InChI=1S/C21H32N8O/c1-2-29-12-14(9-24-29)18-8-16-19(11-23-18)26-27-21(16)17-4-3-5-20(25-17)28-7-6-22-10-15(30)13-28/h3-5,9,12,15-16,18-19,21-23,26-27,30H,2,6-8,10-11,13H2,1H3/t15-,16?,18?,19?,21?/m0/s1. The van der Waals surface area contributed by atoms with Gasteiger partial charge in [0.1, 0.15) is 5.82 Å². The smallest absolute Gasteiger partial charge is 0.129 e. The van der Waals surface area contributed by atoms with Crippen molar-refractivity contribution < 1.29 is 5.11 Å². The lowest BCUT2D eigenvalue weighted by molar-refractivity contribution is 0.184. The maximum Gasteiger partial charge on any atom is 0.129 e. The Morgan fingerprint density at radius 2 is 2.17 bits per heavy atom. The van der Waals surface area contributed by atoms with E-state index in [0.29, 0.717) is 31.1 Å². The van der Waals surface area contributed by atoms with Crippen LogP contribution in [0.4, 0.5) is 5.82 Å². The van der Waals surface area contributed by atoms with Gasteiger partial charge < -0.3 is 20.6 Å². The number of aliphatic hydroxyl groups is 1. The van der Waals surface area contributed by atoms with E-state index in [9.17, 15) is 5.11 Å². The van der Waals surface area contributed by atoms with Crippen LogP contribution in [-0.4, -0.2) is 64.7 Å². The highest BCUT2D eigenvalue weighted by Crippen LogP contribution is 2.38. The van der Waals surface area contributed by atoms with Gasteiger partial charge in [-0.15, -0.1) is 0 Å². The van der Waals surface area contributed by atoms with Crippen molar-refractivity contribution in [3.05, 3.63) is 41.9 Å². The fourth-order valence-electron chi connectivity index (χ4n) is 4.94. The number of hydrazine groups is 1. The van der Waals surface area contributed by atoms with Crippen molar-refractivity contribution in [2.24, 2.45) is 5.92 Å². The Kier molecular flexibility index (Phi) is 5.70. The van der Waals surface area contributed by atoms with Crippen LogP contribution in [0, 0.1) is 5.92 Å². The van der Waals surface area contributed by atoms with Gasteiger partial charge >= 0.3 is 0 Å². The average Bonchev–Trinajstić information content (AvgIpc) is 3.37. The van der Waals surface area contributed by atoms with Gasteiger partial charge in [-0.25, -0.2) is 10.4 Å². The highest BCUT2D eigenvalue weighted by Gasteiger charge is 2.42. The van der Waals surface area contributed by atoms with E-state index in [2.05, 4.69) is 56.7 Å². The van der Waals surface area contributed by atoms with E-state index in [1.54, 1.807) is 0 Å². The summed E-state index contributed by atoms with van der Waals surface area (Å²) in [6.45, 7) is 6.87. The lowest BCUT2D eigenvalue weighted by atomic mass is 9.82. The van der Waals surface area contributed by atoms with E-state index < -0.39 is 0 Å². The molecule has 0 spiro atoms. The maximum atomic E-state index is 10.1. The number of nitrogens with zero attached hydrogens (tertiary/aromatic N) is 4. The molecule has 30 heavy (non-hydrogen) atoms. The van der Waals surface area contributed by atoms with Crippen molar-refractivity contribution in [2.45, 2.75) is 44.1 Å². The topological polar surface area (TPSA) is 102 Å². The first-order valence-corrected chi connectivity index (χ1v) is 11.1. The van der Waals surface area contributed by atoms with Gasteiger partial charge in [-0.05, 0) is 25.5 Å². The molecule has 162 valence electrons. The molecule has 0 radical (unpaired) electrons. The van der Waals surface area contributed by atoms with Crippen LogP contribution >= 0.6 is 0 Å². The van der Waals surface area contributed by atoms with Crippen molar-refractivity contribution in [3.63, 3.8) is 0 Å². The van der Waals surface area contributed by atoms with Gasteiger partial charge in [0, 0.05) is 69.0 Å². The van der Waals surface area contributed by atoms with Gasteiger partial charge in [-0.2, -0.15) is 5.10 Å². The Morgan fingerprint density at radius 3 is 3.03 bits per heavy atom. The zero-order chi connectivity index (χ0) is 20.5. The van der Waals surface area contributed by atoms with Gasteiger partial charge in [0.05, 0.1) is 24.0 Å². The second-order valence-corrected chi connectivity index (χ2v) is 8.59. The molecule has 0 aliphatic carbocycles. The van der Waals surface area contributed by atoms with Crippen molar-refractivity contribution in [3.8, 4) is 0 Å². The first kappa shape index (κ1) is 19.9. The lowest BCUT2D eigenvalue weighted by Gasteiger charge is -2.34. The number of aromatic nitrogens is 3. The SMILES string of the molecule is CCn1cc(C2CC3C(CN2)NNC3c2cccc(N3CCNC[C@H](O)C3)n2)cn1. The van der Waals surface area contributed by atoms with E-state index in [4.69, 9.17) is 4.98 Å². The molecule has 9 heteroatoms. The number of rotatable bonds is 4. The van der Waals surface area contributed by atoms with E-state index in [1.165, 1.54) is 5.56 Å². The minimum absolute atomic E-state index is 0.163. The average molecular weight is 413 g/mol. The Labute approximate surface area is 177 Å². The Morgan fingerprint density at radius 1 is 1.23 bits per heavy atom. The second-order valence-electron chi connectivity index (χ2n) is 8.59. The number of nitrogens with one attached hydrogen (secondary N) is 4. The van der Waals surface area contributed by atoms with Crippen LogP contribution in [-0.2, 0) is 6.54 Å². The first-order valence-electron chi connectivity index (χ1n) is 11.1. The summed E-state index contributed by atoms with van der Waals surface area (Å²) < 4.78 is 1.99. The molecular formula is C21H32N8O. The molecule has 0 saturated carbocycles. The van der Waals surface area contributed by atoms with Gasteiger partial charge in [0.25, 0.3) is 0 Å². The maximum absolute atomic E-state index is 10.1. The molecule has 0 amide bonds. The quantitative estimate of drug-likeness (QED) is 0.476. The third-order valence-electron chi connectivity index (χ3n) is 6.61. The molecule has 3 saturated heterocycles. The number of hydrogen-bond donors (Lipinski definition) is 5. The van der Waals surface area contributed by atoms with E-state index in [0.717, 1.165) is 44.1 Å². The molecule has 3 aliphatic rings. The fraction of sp³-hybridized carbons (Fsp3) is 0.619. The fourth-order valence-corrected chi connectivity index (χ4v) is 4.94. The molecule has 0 bridgehead atoms. The second kappa shape index (κ2) is 8.60. The first-order chi connectivity index (χ1) is 14.7. The molecule has 3 fully saturated rings. The molecule has 4 unspecified atom stereocenters. The van der Waals surface area contributed by atoms with Crippen molar-refractivity contribution >= 4 is 5.82 Å². The number of fused-ring (bicyclic) bond motifs is 1. The monoisotopic (exact) mass is 412 g/mol. The highest BCUT2D eigenvalue weighted by molar-refractivity contribution is 5.40. The van der Waals surface area contributed by atoms with Crippen molar-refractivity contribution in [1.82, 2.24) is 36.2 Å². The molecule has 0 aromatic carbocycles. The summed E-state index contributed by atoms with van der Waals surface area (Å²) in [6.07, 6.45) is 4.80. The van der Waals surface area contributed by atoms with Gasteiger partial charge in [-0.1, -0.05) is 6.07 Å². The van der Waals surface area contributed by atoms with Crippen LogP contribution in [0.3, 0.4) is 0 Å². The van der Waals surface area contributed by atoms with Gasteiger partial charge in [0.15, 0.2) is 0 Å². The van der Waals surface area contributed by atoms with Gasteiger partial charge in [-0.3, -0.25) is 10.1 Å². The third-order valence-corrected chi connectivity index (χ3v) is 6.61. The Hall–Kier alpha value is -2.04. The molecule has 5 N–H and O–H groups in total. The molecule has 5 rings (SSSR count). The normalized spacial score (nSPS) is 32.1. The molecule has 5 heterocycles. The number of piperidine rings is 1. The number of aliphatic hydroxyl groups excluding tert-OH is 1. The molecule has 9 nitrogen and oxygen atoms in total. The Bertz CT molecular complexity index is 857. The minimum atomic E-state index is -0.372. The molecule has 2 aromatic rings.